The van der Waals surface area contributed by atoms with Crippen molar-refractivity contribution in [2.45, 2.75) is 56.7 Å². The van der Waals surface area contributed by atoms with Gasteiger partial charge in [-0.05, 0) is 71.9 Å². The molecule has 4 heteroatoms. The minimum absolute atomic E-state index is 0.328. The van der Waals surface area contributed by atoms with Crippen LogP contribution in [-0.4, -0.2) is 18.0 Å². The molecule has 1 saturated carbocycles. The molecule has 0 saturated heterocycles. The molecular weight excluding hydrogens is 399 g/mol. The highest BCUT2D eigenvalue weighted by atomic mass is 127. The summed E-state index contributed by atoms with van der Waals surface area (Å²) in [5.74, 6) is 0.377. The maximum absolute atomic E-state index is 11.6. The molecule has 0 aliphatic heterocycles. The Hall–Kier alpha value is -0.290. The van der Waals surface area contributed by atoms with Gasteiger partial charge in [0.2, 0.25) is 0 Å². The van der Waals surface area contributed by atoms with E-state index in [1.54, 1.807) is 6.92 Å². The molecule has 2 rings (SSSR count). The average Bonchev–Trinajstić information content (AvgIpc) is 2.48. The maximum Gasteiger partial charge on any atom is 0.324 e. The molecule has 1 fully saturated rings. The second-order valence-electron chi connectivity index (χ2n) is 5.61. The van der Waals surface area contributed by atoms with Crippen LogP contribution >= 0.6 is 34.2 Å². The molecule has 0 heterocycles. The molecule has 0 radical (unpaired) electrons. The van der Waals surface area contributed by atoms with E-state index in [9.17, 15) is 4.79 Å². The number of carbonyl (C=O) groups is 1. The van der Waals surface area contributed by atoms with Gasteiger partial charge >= 0.3 is 5.97 Å². The number of carbonyl (C=O) groups excluding carboxylic acids is 1. The Morgan fingerprint density at radius 3 is 2.71 bits per heavy atom. The SMILES string of the molecule is CCOC(=O)C(Cl)Cc1ccc(C2CCCCC2)c(I)c1. The van der Waals surface area contributed by atoms with Crippen LogP contribution in [0.3, 0.4) is 0 Å². The summed E-state index contributed by atoms with van der Waals surface area (Å²) in [6, 6.07) is 6.50. The lowest BCUT2D eigenvalue weighted by atomic mass is 9.84. The van der Waals surface area contributed by atoms with Crippen LogP contribution in [0, 0.1) is 3.57 Å². The lowest BCUT2D eigenvalue weighted by molar-refractivity contribution is -0.142. The van der Waals surface area contributed by atoms with Crippen LogP contribution in [0.15, 0.2) is 18.2 Å². The fourth-order valence-electron chi connectivity index (χ4n) is 2.97. The zero-order valence-corrected chi connectivity index (χ0v) is 15.3. The highest BCUT2D eigenvalue weighted by Crippen LogP contribution is 2.35. The van der Waals surface area contributed by atoms with Gasteiger partial charge in [0.1, 0.15) is 5.38 Å². The molecule has 2 nitrogen and oxygen atoms in total. The van der Waals surface area contributed by atoms with Crippen molar-refractivity contribution in [1.29, 1.82) is 0 Å². The Morgan fingerprint density at radius 1 is 1.38 bits per heavy atom. The number of hydrogen-bond donors (Lipinski definition) is 0. The normalized spacial score (nSPS) is 17.5. The van der Waals surface area contributed by atoms with Gasteiger partial charge in [0.05, 0.1) is 6.61 Å². The van der Waals surface area contributed by atoms with Crippen LogP contribution in [0.2, 0.25) is 0 Å². The Bertz CT molecular complexity index is 484. The Labute approximate surface area is 145 Å². The van der Waals surface area contributed by atoms with Crippen molar-refractivity contribution >= 4 is 40.2 Å². The first-order chi connectivity index (χ1) is 10.1. The van der Waals surface area contributed by atoms with E-state index in [-0.39, 0.29) is 5.97 Å². The van der Waals surface area contributed by atoms with Gasteiger partial charge in [-0.25, -0.2) is 0 Å². The van der Waals surface area contributed by atoms with Gasteiger partial charge in [-0.3, -0.25) is 4.79 Å². The maximum atomic E-state index is 11.6. The lowest BCUT2D eigenvalue weighted by Gasteiger charge is -2.23. The summed E-state index contributed by atoms with van der Waals surface area (Å²) in [6.07, 6.45) is 7.19. The molecule has 21 heavy (non-hydrogen) atoms. The zero-order chi connectivity index (χ0) is 15.2. The minimum atomic E-state index is -0.596. The molecular formula is C17H22ClIO2. The number of esters is 1. The minimum Gasteiger partial charge on any atom is -0.465 e. The van der Waals surface area contributed by atoms with E-state index in [2.05, 4.69) is 40.8 Å². The van der Waals surface area contributed by atoms with E-state index in [0.29, 0.717) is 18.9 Å². The molecule has 1 aromatic carbocycles. The molecule has 0 bridgehead atoms. The standard InChI is InChI=1S/C17H22ClIO2/c1-2-21-17(20)15(18)10-12-8-9-14(16(19)11-12)13-6-4-3-5-7-13/h8-9,11,13,15H,2-7,10H2,1H3. The molecule has 116 valence electrons. The van der Waals surface area contributed by atoms with Crippen LogP contribution in [0.1, 0.15) is 56.1 Å². The molecule has 0 aromatic heterocycles. The first-order valence-electron chi connectivity index (χ1n) is 7.70. The first-order valence-corrected chi connectivity index (χ1v) is 9.22. The highest BCUT2D eigenvalue weighted by molar-refractivity contribution is 14.1. The third kappa shape index (κ3) is 4.85. The van der Waals surface area contributed by atoms with Crippen molar-refractivity contribution in [1.82, 2.24) is 0 Å². The second kappa shape index (κ2) is 8.37. The highest BCUT2D eigenvalue weighted by Gasteiger charge is 2.20. The molecule has 1 atom stereocenters. The lowest BCUT2D eigenvalue weighted by Crippen LogP contribution is -2.20. The molecule has 0 spiro atoms. The van der Waals surface area contributed by atoms with Crippen molar-refractivity contribution in [2.75, 3.05) is 6.61 Å². The van der Waals surface area contributed by atoms with Gasteiger partial charge in [-0.1, -0.05) is 31.4 Å². The number of benzene rings is 1. The Balaban J connectivity index is 2.03. The van der Waals surface area contributed by atoms with E-state index in [4.69, 9.17) is 16.3 Å². The molecule has 0 N–H and O–H groups in total. The molecule has 1 aliphatic rings. The average molecular weight is 421 g/mol. The van der Waals surface area contributed by atoms with Crippen LogP contribution < -0.4 is 0 Å². The predicted molar refractivity (Wildman–Crippen MR) is 95.0 cm³/mol. The fourth-order valence-corrected chi connectivity index (χ4v) is 4.23. The summed E-state index contributed by atoms with van der Waals surface area (Å²) >= 11 is 8.52. The van der Waals surface area contributed by atoms with Gasteiger partial charge < -0.3 is 4.74 Å². The third-order valence-corrected chi connectivity index (χ3v) is 5.33. The number of alkyl halides is 1. The fraction of sp³-hybridized carbons (Fsp3) is 0.588. The van der Waals surface area contributed by atoms with Crippen molar-refractivity contribution in [3.05, 3.63) is 32.9 Å². The van der Waals surface area contributed by atoms with E-state index in [1.807, 2.05) is 0 Å². The summed E-state index contributed by atoms with van der Waals surface area (Å²) in [4.78, 5) is 11.6. The molecule has 1 unspecified atom stereocenters. The number of hydrogen-bond acceptors (Lipinski definition) is 2. The summed E-state index contributed by atoms with van der Waals surface area (Å²) in [5, 5.41) is -0.596. The van der Waals surface area contributed by atoms with Crippen LogP contribution in [0.5, 0.6) is 0 Å². The van der Waals surface area contributed by atoms with Gasteiger partial charge in [0.15, 0.2) is 0 Å². The van der Waals surface area contributed by atoms with Crippen molar-refractivity contribution in [2.24, 2.45) is 0 Å². The van der Waals surface area contributed by atoms with Crippen molar-refractivity contribution in [3.63, 3.8) is 0 Å². The van der Waals surface area contributed by atoms with Crippen LogP contribution in [0.4, 0.5) is 0 Å². The summed E-state index contributed by atoms with van der Waals surface area (Å²) in [5.41, 5.74) is 2.56. The monoisotopic (exact) mass is 420 g/mol. The Kier molecular flexibility index (Phi) is 6.80. The second-order valence-corrected chi connectivity index (χ2v) is 7.30. The van der Waals surface area contributed by atoms with Crippen LogP contribution in [0.25, 0.3) is 0 Å². The topological polar surface area (TPSA) is 26.3 Å². The van der Waals surface area contributed by atoms with Crippen LogP contribution in [-0.2, 0) is 16.0 Å². The Morgan fingerprint density at radius 2 is 2.10 bits per heavy atom. The predicted octanol–water partition coefficient (Wildman–Crippen LogP) is 5.05. The molecule has 1 aromatic rings. The van der Waals surface area contributed by atoms with E-state index in [1.165, 1.54) is 41.2 Å². The quantitative estimate of drug-likeness (QED) is 0.378. The van der Waals surface area contributed by atoms with E-state index >= 15 is 0 Å². The number of rotatable bonds is 5. The molecule has 1 aliphatic carbocycles. The number of ether oxygens (including phenoxy) is 1. The third-order valence-electron chi connectivity index (χ3n) is 4.07. The number of halogens is 2. The van der Waals surface area contributed by atoms with Gasteiger partial charge in [0, 0.05) is 3.57 Å². The van der Waals surface area contributed by atoms with Crippen molar-refractivity contribution < 1.29 is 9.53 Å². The van der Waals surface area contributed by atoms with Gasteiger partial charge in [0.25, 0.3) is 0 Å². The zero-order valence-electron chi connectivity index (χ0n) is 12.4. The molecule has 0 amide bonds. The van der Waals surface area contributed by atoms with Gasteiger partial charge in [-0.15, -0.1) is 11.6 Å². The van der Waals surface area contributed by atoms with E-state index < -0.39 is 5.38 Å². The van der Waals surface area contributed by atoms with E-state index in [0.717, 1.165) is 5.56 Å². The van der Waals surface area contributed by atoms with Crippen molar-refractivity contribution in [3.8, 4) is 0 Å². The first kappa shape index (κ1) is 17.1. The largest absolute Gasteiger partial charge is 0.465 e. The van der Waals surface area contributed by atoms with Gasteiger partial charge in [-0.2, -0.15) is 0 Å². The summed E-state index contributed by atoms with van der Waals surface area (Å²) in [6.45, 7) is 2.17. The smallest absolute Gasteiger partial charge is 0.324 e. The summed E-state index contributed by atoms with van der Waals surface area (Å²) in [7, 11) is 0. The summed E-state index contributed by atoms with van der Waals surface area (Å²) < 4.78 is 6.25.